The summed E-state index contributed by atoms with van der Waals surface area (Å²) in [4.78, 5) is 3.84. The number of aliphatic hydroxyl groups is 1. The Morgan fingerprint density at radius 2 is 2.07 bits per heavy atom. The van der Waals surface area contributed by atoms with E-state index >= 15 is 0 Å². The van der Waals surface area contributed by atoms with Crippen LogP contribution in [0.5, 0.6) is 0 Å². The van der Waals surface area contributed by atoms with Crippen molar-refractivity contribution >= 4 is 0 Å². The number of rotatable bonds is 2. The second-order valence-electron chi connectivity index (χ2n) is 3.13. The van der Waals surface area contributed by atoms with Crippen molar-refractivity contribution in [1.29, 1.82) is 0 Å². The van der Waals surface area contributed by atoms with E-state index in [-0.39, 0.29) is 0 Å². The summed E-state index contributed by atoms with van der Waals surface area (Å²) in [7, 11) is 0. The van der Waals surface area contributed by atoms with Crippen molar-refractivity contribution in [2.75, 3.05) is 0 Å². The highest BCUT2D eigenvalue weighted by Crippen LogP contribution is 2.21. The van der Waals surface area contributed by atoms with Crippen LogP contribution in [0.2, 0.25) is 0 Å². The summed E-state index contributed by atoms with van der Waals surface area (Å²) in [5.74, 6) is 0. The summed E-state index contributed by atoms with van der Waals surface area (Å²) >= 11 is 0. The number of nitrogens with zero attached hydrogens (tertiary/aromatic N) is 2. The van der Waals surface area contributed by atoms with Crippen molar-refractivity contribution in [2.24, 2.45) is 0 Å². The molecule has 3 nitrogen and oxygen atoms in total. The van der Waals surface area contributed by atoms with Crippen molar-refractivity contribution in [3.8, 4) is 0 Å². The first-order valence-electron chi connectivity index (χ1n) is 4.05. The molecule has 1 heterocycles. The lowest BCUT2D eigenvalue weighted by molar-refractivity contribution is -0.207. The van der Waals surface area contributed by atoms with Gasteiger partial charge in [0.25, 0.3) is 0 Å². The van der Waals surface area contributed by atoms with Gasteiger partial charge in [0.05, 0.1) is 18.6 Å². The predicted molar refractivity (Wildman–Crippen MR) is 43.8 cm³/mol. The van der Waals surface area contributed by atoms with Crippen LogP contribution in [-0.2, 0) is 6.54 Å². The van der Waals surface area contributed by atoms with Gasteiger partial charge < -0.3 is 9.67 Å². The summed E-state index contributed by atoms with van der Waals surface area (Å²) in [6, 6.07) is 0. The molecule has 0 aliphatic rings. The van der Waals surface area contributed by atoms with Gasteiger partial charge in [-0.25, -0.2) is 4.98 Å². The number of aryl methyl sites for hydroxylation is 1. The average Bonchev–Trinajstić information content (AvgIpc) is 2.34. The summed E-state index contributed by atoms with van der Waals surface area (Å²) in [5.41, 5.74) is 1.30. The first-order chi connectivity index (χ1) is 6.32. The molecular formula is C8H11F3N2O. The molecule has 0 aromatic carbocycles. The maximum atomic E-state index is 12.0. The van der Waals surface area contributed by atoms with Gasteiger partial charge in [-0.15, -0.1) is 0 Å². The minimum Gasteiger partial charge on any atom is -0.382 e. The van der Waals surface area contributed by atoms with Crippen LogP contribution in [0.3, 0.4) is 0 Å². The molecule has 0 bridgehead atoms. The molecule has 0 saturated carbocycles. The third-order valence-corrected chi connectivity index (χ3v) is 2.09. The van der Waals surface area contributed by atoms with E-state index < -0.39 is 18.8 Å². The maximum absolute atomic E-state index is 12.0. The van der Waals surface area contributed by atoms with E-state index in [0.717, 1.165) is 0 Å². The van der Waals surface area contributed by atoms with Crippen LogP contribution in [0.15, 0.2) is 6.33 Å². The highest BCUT2D eigenvalue weighted by atomic mass is 19.4. The lowest BCUT2D eigenvalue weighted by atomic mass is 10.3. The Kier molecular flexibility index (Phi) is 2.84. The molecule has 0 aliphatic heterocycles. The van der Waals surface area contributed by atoms with Gasteiger partial charge in [0.2, 0.25) is 0 Å². The highest BCUT2D eigenvalue weighted by molar-refractivity contribution is 5.08. The Morgan fingerprint density at radius 3 is 2.43 bits per heavy atom. The zero-order valence-corrected chi connectivity index (χ0v) is 7.84. The van der Waals surface area contributed by atoms with E-state index in [1.165, 1.54) is 10.9 Å². The molecule has 1 unspecified atom stereocenters. The SMILES string of the molecule is Cc1ncn(CC(O)C(F)(F)F)c1C. The van der Waals surface area contributed by atoms with Gasteiger partial charge in [0, 0.05) is 5.69 Å². The third-order valence-electron chi connectivity index (χ3n) is 2.09. The minimum absolute atomic E-state index is 0.504. The van der Waals surface area contributed by atoms with Gasteiger partial charge in [-0.3, -0.25) is 0 Å². The van der Waals surface area contributed by atoms with E-state index in [4.69, 9.17) is 5.11 Å². The zero-order valence-electron chi connectivity index (χ0n) is 7.84. The molecule has 0 aliphatic carbocycles. The van der Waals surface area contributed by atoms with E-state index in [0.29, 0.717) is 11.4 Å². The number of aliphatic hydroxyl groups excluding tert-OH is 1. The number of hydrogen-bond donors (Lipinski definition) is 1. The Morgan fingerprint density at radius 1 is 1.50 bits per heavy atom. The quantitative estimate of drug-likeness (QED) is 0.798. The molecule has 0 spiro atoms. The largest absolute Gasteiger partial charge is 0.416 e. The summed E-state index contributed by atoms with van der Waals surface area (Å²) in [6.07, 6.45) is -5.63. The second-order valence-corrected chi connectivity index (χ2v) is 3.13. The van der Waals surface area contributed by atoms with E-state index in [1.54, 1.807) is 13.8 Å². The molecule has 1 rings (SSSR count). The van der Waals surface area contributed by atoms with Gasteiger partial charge >= 0.3 is 6.18 Å². The first kappa shape index (κ1) is 11.0. The van der Waals surface area contributed by atoms with Crippen molar-refractivity contribution in [3.63, 3.8) is 0 Å². The van der Waals surface area contributed by atoms with E-state index in [9.17, 15) is 13.2 Å². The second kappa shape index (κ2) is 3.61. The molecule has 1 aromatic heterocycles. The van der Waals surface area contributed by atoms with Gasteiger partial charge in [-0.05, 0) is 13.8 Å². The van der Waals surface area contributed by atoms with Crippen molar-refractivity contribution in [2.45, 2.75) is 32.7 Å². The summed E-state index contributed by atoms with van der Waals surface area (Å²) < 4.78 is 37.3. The van der Waals surface area contributed by atoms with E-state index in [2.05, 4.69) is 4.98 Å². The van der Waals surface area contributed by atoms with Crippen molar-refractivity contribution in [1.82, 2.24) is 9.55 Å². The number of alkyl halides is 3. The molecule has 0 amide bonds. The van der Waals surface area contributed by atoms with Gasteiger partial charge in [-0.2, -0.15) is 13.2 Å². The molecular weight excluding hydrogens is 197 g/mol. The van der Waals surface area contributed by atoms with Crippen LogP contribution in [0.1, 0.15) is 11.4 Å². The molecule has 80 valence electrons. The third kappa shape index (κ3) is 2.25. The molecule has 0 saturated heterocycles. The maximum Gasteiger partial charge on any atom is 0.416 e. The molecule has 1 atom stereocenters. The summed E-state index contributed by atoms with van der Waals surface area (Å²) in [5, 5.41) is 8.80. The molecule has 1 aromatic rings. The lowest BCUT2D eigenvalue weighted by Gasteiger charge is -2.15. The first-order valence-corrected chi connectivity index (χ1v) is 4.05. The fourth-order valence-electron chi connectivity index (χ4n) is 1.02. The molecule has 1 N–H and O–H groups in total. The topological polar surface area (TPSA) is 38.0 Å². The van der Waals surface area contributed by atoms with Gasteiger partial charge in [0.1, 0.15) is 0 Å². The van der Waals surface area contributed by atoms with Gasteiger partial charge in [-0.1, -0.05) is 0 Å². The van der Waals surface area contributed by atoms with Crippen LogP contribution >= 0.6 is 0 Å². The monoisotopic (exact) mass is 208 g/mol. The minimum atomic E-state index is -4.58. The normalized spacial score (nSPS) is 14.4. The molecule has 14 heavy (non-hydrogen) atoms. The van der Waals surface area contributed by atoms with Crippen LogP contribution in [0.4, 0.5) is 13.2 Å². The fourth-order valence-corrected chi connectivity index (χ4v) is 1.02. The Labute approximate surface area is 79.2 Å². The predicted octanol–water partition coefficient (Wildman–Crippen LogP) is 1.42. The smallest absolute Gasteiger partial charge is 0.382 e. The summed E-state index contributed by atoms with van der Waals surface area (Å²) in [6.45, 7) is 2.85. The number of imidazole rings is 1. The number of aromatic nitrogens is 2. The number of hydrogen-bond acceptors (Lipinski definition) is 2. The lowest BCUT2D eigenvalue weighted by Crippen LogP contribution is -2.32. The standard InChI is InChI=1S/C8H11F3N2O/c1-5-6(2)13(4-12-5)3-7(14)8(9,10)11/h4,7,14H,3H2,1-2H3. The Balaban J connectivity index is 2.75. The molecule has 0 radical (unpaired) electrons. The van der Waals surface area contributed by atoms with Crippen molar-refractivity contribution in [3.05, 3.63) is 17.7 Å². The average molecular weight is 208 g/mol. The van der Waals surface area contributed by atoms with Crippen molar-refractivity contribution < 1.29 is 18.3 Å². The van der Waals surface area contributed by atoms with Crippen LogP contribution in [0.25, 0.3) is 0 Å². The zero-order chi connectivity index (χ0) is 10.9. The molecule has 6 heteroatoms. The van der Waals surface area contributed by atoms with Crippen LogP contribution < -0.4 is 0 Å². The van der Waals surface area contributed by atoms with Crippen LogP contribution in [-0.4, -0.2) is 26.9 Å². The van der Waals surface area contributed by atoms with Gasteiger partial charge in [0.15, 0.2) is 6.10 Å². The highest BCUT2D eigenvalue weighted by Gasteiger charge is 2.38. The molecule has 0 fully saturated rings. The van der Waals surface area contributed by atoms with Crippen LogP contribution in [0, 0.1) is 13.8 Å². The van der Waals surface area contributed by atoms with E-state index in [1.807, 2.05) is 0 Å². The number of halogens is 3. The Hall–Kier alpha value is -1.04. The Bertz CT molecular complexity index is 319. The fraction of sp³-hybridized carbons (Fsp3) is 0.625.